The average molecular weight is 400 g/mol. The molecule has 2 aromatic carbocycles. The summed E-state index contributed by atoms with van der Waals surface area (Å²) in [5.41, 5.74) is 0.265. The number of hydrogen-bond acceptors (Lipinski definition) is 5. The summed E-state index contributed by atoms with van der Waals surface area (Å²) in [6.07, 6.45) is 1.71. The van der Waals surface area contributed by atoms with Crippen molar-refractivity contribution in [2.75, 3.05) is 13.1 Å². The van der Waals surface area contributed by atoms with Gasteiger partial charge in [0.2, 0.25) is 5.91 Å². The number of nitrogens with zero attached hydrogens (tertiary/aromatic N) is 4. The zero-order valence-corrected chi connectivity index (χ0v) is 15.3. The molecule has 1 atom stereocenters. The number of benzene rings is 2. The molecular weight excluding hydrogens is 382 g/mol. The molecule has 2 amide bonds. The van der Waals surface area contributed by atoms with Crippen LogP contribution >= 0.6 is 0 Å². The summed E-state index contributed by atoms with van der Waals surface area (Å²) in [6, 6.07) is 11.8. The van der Waals surface area contributed by atoms with Crippen LogP contribution in [0.25, 0.3) is 0 Å². The van der Waals surface area contributed by atoms with E-state index in [9.17, 15) is 18.4 Å². The van der Waals surface area contributed by atoms with Gasteiger partial charge in [0.05, 0.1) is 0 Å². The van der Waals surface area contributed by atoms with Crippen molar-refractivity contribution in [3.8, 4) is 0 Å². The SMILES string of the molecule is O=C(NCCNC(=O)C(Cc1ccccc1)n1cnnn1)c1c(F)cccc1F. The Kier molecular flexibility index (Phi) is 6.56. The van der Waals surface area contributed by atoms with Gasteiger partial charge in [0, 0.05) is 19.5 Å². The third kappa shape index (κ3) is 5.18. The Hall–Kier alpha value is -3.69. The third-order valence-electron chi connectivity index (χ3n) is 4.16. The van der Waals surface area contributed by atoms with E-state index in [2.05, 4.69) is 26.2 Å². The van der Waals surface area contributed by atoms with Crippen LogP contribution in [0.3, 0.4) is 0 Å². The summed E-state index contributed by atoms with van der Waals surface area (Å²) >= 11 is 0. The fraction of sp³-hybridized carbons (Fsp3) is 0.211. The first kappa shape index (κ1) is 20.1. The van der Waals surface area contributed by atoms with Gasteiger partial charge in [-0.1, -0.05) is 36.4 Å². The predicted molar refractivity (Wildman–Crippen MR) is 98.7 cm³/mol. The standard InChI is InChI=1S/C19H18F2N6O2/c20-14-7-4-8-15(21)17(14)19(29)23-10-9-22-18(28)16(27-12-24-25-26-27)11-13-5-2-1-3-6-13/h1-8,12,16H,9-11H2,(H,22,28)(H,23,29). The van der Waals surface area contributed by atoms with Crippen LogP contribution in [0, 0.1) is 11.6 Å². The summed E-state index contributed by atoms with van der Waals surface area (Å²) in [5, 5.41) is 16.0. The molecule has 0 aliphatic heterocycles. The largest absolute Gasteiger partial charge is 0.352 e. The quantitative estimate of drug-likeness (QED) is 0.555. The zero-order chi connectivity index (χ0) is 20.6. The van der Waals surface area contributed by atoms with Gasteiger partial charge in [-0.2, -0.15) is 0 Å². The van der Waals surface area contributed by atoms with E-state index in [-0.39, 0.29) is 19.0 Å². The van der Waals surface area contributed by atoms with Crippen molar-refractivity contribution in [1.29, 1.82) is 0 Å². The van der Waals surface area contributed by atoms with Gasteiger partial charge in [-0.25, -0.2) is 13.5 Å². The third-order valence-corrected chi connectivity index (χ3v) is 4.16. The molecule has 1 unspecified atom stereocenters. The molecule has 1 heterocycles. The normalized spacial score (nSPS) is 11.7. The summed E-state index contributed by atoms with van der Waals surface area (Å²) < 4.78 is 28.6. The summed E-state index contributed by atoms with van der Waals surface area (Å²) in [6.45, 7) is 0.0556. The van der Waals surface area contributed by atoms with Gasteiger partial charge in [-0.3, -0.25) is 9.59 Å². The second-order valence-corrected chi connectivity index (χ2v) is 6.14. The molecule has 2 N–H and O–H groups in total. The van der Waals surface area contributed by atoms with Crippen LogP contribution in [-0.2, 0) is 11.2 Å². The Bertz CT molecular complexity index is 946. The number of hydrogen-bond donors (Lipinski definition) is 2. The van der Waals surface area contributed by atoms with Gasteiger partial charge in [-0.15, -0.1) is 5.10 Å². The van der Waals surface area contributed by atoms with E-state index in [0.29, 0.717) is 6.42 Å². The molecule has 3 aromatic rings. The molecule has 0 saturated carbocycles. The molecule has 1 aromatic heterocycles. The molecule has 0 aliphatic rings. The van der Waals surface area contributed by atoms with E-state index in [1.165, 1.54) is 17.1 Å². The number of aromatic nitrogens is 4. The second-order valence-electron chi connectivity index (χ2n) is 6.14. The minimum atomic E-state index is -0.951. The lowest BCUT2D eigenvalue weighted by Crippen LogP contribution is -2.39. The molecule has 10 heteroatoms. The topological polar surface area (TPSA) is 102 Å². The van der Waals surface area contributed by atoms with Crippen LogP contribution in [0.2, 0.25) is 0 Å². The molecule has 29 heavy (non-hydrogen) atoms. The lowest BCUT2D eigenvalue weighted by molar-refractivity contribution is -0.124. The zero-order valence-electron chi connectivity index (χ0n) is 15.3. The number of carbonyl (C=O) groups is 2. The fourth-order valence-electron chi connectivity index (χ4n) is 2.74. The van der Waals surface area contributed by atoms with Gasteiger partial charge >= 0.3 is 0 Å². The van der Waals surface area contributed by atoms with Crippen molar-refractivity contribution in [1.82, 2.24) is 30.8 Å². The minimum absolute atomic E-state index is 0.00792. The van der Waals surface area contributed by atoms with Gasteiger partial charge in [0.1, 0.15) is 29.6 Å². The molecule has 0 bridgehead atoms. The lowest BCUT2D eigenvalue weighted by Gasteiger charge is -2.16. The van der Waals surface area contributed by atoms with E-state index in [0.717, 1.165) is 17.7 Å². The molecule has 0 radical (unpaired) electrons. The fourth-order valence-corrected chi connectivity index (χ4v) is 2.74. The highest BCUT2D eigenvalue weighted by atomic mass is 19.1. The number of amides is 2. The monoisotopic (exact) mass is 400 g/mol. The summed E-state index contributed by atoms with van der Waals surface area (Å²) in [5.74, 6) is -3.15. The summed E-state index contributed by atoms with van der Waals surface area (Å²) in [7, 11) is 0. The van der Waals surface area contributed by atoms with Gasteiger partial charge in [-0.05, 0) is 28.1 Å². The van der Waals surface area contributed by atoms with E-state index in [4.69, 9.17) is 0 Å². The number of halogens is 2. The molecule has 0 aliphatic carbocycles. The van der Waals surface area contributed by atoms with Crippen molar-refractivity contribution >= 4 is 11.8 Å². The smallest absolute Gasteiger partial charge is 0.257 e. The van der Waals surface area contributed by atoms with Crippen molar-refractivity contribution in [3.05, 3.63) is 77.6 Å². The molecule has 150 valence electrons. The Morgan fingerprint density at radius 3 is 2.31 bits per heavy atom. The van der Waals surface area contributed by atoms with Crippen LogP contribution in [0.1, 0.15) is 22.0 Å². The molecule has 0 fully saturated rings. The number of tetrazole rings is 1. The van der Waals surface area contributed by atoms with E-state index < -0.39 is 29.1 Å². The first-order chi connectivity index (χ1) is 14.1. The number of nitrogens with one attached hydrogen (secondary N) is 2. The van der Waals surface area contributed by atoms with Crippen molar-refractivity contribution < 1.29 is 18.4 Å². The van der Waals surface area contributed by atoms with Crippen LogP contribution in [0.15, 0.2) is 54.9 Å². The van der Waals surface area contributed by atoms with Crippen molar-refractivity contribution in [2.24, 2.45) is 0 Å². The highest BCUT2D eigenvalue weighted by Crippen LogP contribution is 2.13. The molecule has 0 saturated heterocycles. The van der Waals surface area contributed by atoms with Crippen LogP contribution in [-0.4, -0.2) is 45.1 Å². The maximum atomic E-state index is 13.6. The van der Waals surface area contributed by atoms with Crippen LogP contribution in [0.5, 0.6) is 0 Å². The Morgan fingerprint density at radius 2 is 1.66 bits per heavy atom. The highest BCUT2D eigenvalue weighted by Gasteiger charge is 2.22. The predicted octanol–water partition coefficient (Wildman–Crippen LogP) is 1.28. The number of carbonyl (C=O) groups excluding carboxylic acids is 2. The van der Waals surface area contributed by atoms with Crippen molar-refractivity contribution in [3.63, 3.8) is 0 Å². The first-order valence-electron chi connectivity index (χ1n) is 8.82. The second kappa shape index (κ2) is 9.49. The van der Waals surface area contributed by atoms with Gasteiger partial charge in [0.15, 0.2) is 0 Å². The molecule has 3 rings (SSSR count). The minimum Gasteiger partial charge on any atom is -0.352 e. The van der Waals surface area contributed by atoms with E-state index >= 15 is 0 Å². The van der Waals surface area contributed by atoms with Crippen LogP contribution in [0.4, 0.5) is 8.78 Å². The first-order valence-corrected chi connectivity index (χ1v) is 8.82. The Balaban J connectivity index is 1.56. The molecule has 0 spiro atoms. The van der Waals surface area contributed by atoms with E-state index in [1.807, 2.05) is 30.3 Å². The van der Waals surface area contributed by atoms with Crippen LogP contribution < -0.4 is 10.6 Å². The average Bonchev–Trinajstić information content (AvgIpc) is 3.24. The lowest BCUT2D eigenvalue weighted by atomic mass is 10.1. The van der Waals surface area contributed by atoms with Gasteiger partial charge < -0.3 is 10.6 Å². The van der Waals surface area contributed by atoms with Gasteiger partial charge in [0.25, 0.3) is 5.91 Å². The maximum Gasteiger partial charge on any atom is 0.257 e. The number of rotatable bonds is 8. The van der Waals surface area contributed by atoms with Crippen molar-refractivity contribution in [2.45, 2.75) is 12.5 Å². The van der Waals surface area contributed by atoms with E-state index in [1.54, 1.807) is 0 Å². The summed E-state index contributed by atoms with van der Waals surface area (Å²) in [4.78, 5) is 24.6. The Morgan fingerprint density at radius 1 is 0.966 bits per heavy atom. The molecule has 8 nitrogen and oxygen atoms in total. The Labute approximate surface area is 164 Å². The molecular formula is C19H18F2N6O2. The highest BCUT2D eigenvalue weighted by molar-refractivity contribution is 5.94. The maximum absolute atomic E-state index is 13.6.